The molecule has 2 amide bonds. The van der Waals surface area contributed by atoms with Crippen LogP contribution in [0.3, 0.4) is 0 Å². The number of hydrogen-bond acceptors (Lipinski definition) is 4. The Morgan fingerprint density at radius 3 is 2.37 bits per heavy atom. The van der Waals surface area contributed by atoms with Crippen LogP contribution in [-0.4, -0.2) is 27.6 Å². The minimum atomic E-state index is -0.194. The van der Waals surface area contributed by atoms with Crippen molar-refractivity contribution in [2.24, 2.45) is 0 Å². The number of benzene rings is 2. The summed E-state index contributed by atoms with van der Waals surface area (Å²) in [6.07, 6.45) is 3.49. The zero-order valence-corrected chi connectivity index (χ0v) is 16.6. The summed E-state index contributed by atoms with van der Waals surface area (Å²) in [5.41, 5.74) is 1.25. The Bertz CT molecular complexity index is 866. The largest absolute Gasteiger partial charge is 0.293 e. The van der Waals surface area contributed by atoms with E-state index < -0.39 is 0 Å². The lowest BCUT2D eigenvalue weighted by molar-refractivity contribution is -0.122. The molecule has 1 aliphatic rings. The Balaban J connectivity index is 1.95. The van der Waals surface area contributed by atoms with Gasteiger partial charge in [0.15, 0.2) is 0 Å². The number of carbonyl (C=O) groups excluding carboxylic acids is 2. The summed E-state index contributed by atoms with van der Waals surface area (Å²) >= 11 is 6.60. The molecule has 0 spiro atoms. The fraction of sp³-hybridized carbons (Fsp3) is 0.190. The Hall–Kier alpha value is -2.44. The van der Waals surface area contributed by atoms with E-state index in [1.807, 2.05) is 48.5 Å². The van der Waals surface area contributed by atoms with Gasteiger partial charge in [0.2, 0.25) is 0 Å². The van der Waals surface area contributed by atoms with Crippen LogP contribution in [0.15, 0.2) is 71.8 Å². The Morgan fingerprint density at radius 2 is 1.74 bits per heavy atom. The summed E-state index contributed by atoms with van der Waals surface area (Å²) < 4.78 is 0.542. The zero-order chi connectivity index (χ0) is 19.2. The molecule has 0 atom stereocenters. The SMILES string of the molecule is CCCCN1C(=O)/C(=C/N(C(=O)c2ccccc2)c2ccccc2)SC1=S. The third kappa shape index (κ3) is 4.46. The molecule has 3 rings (SSSR count). The Kier molecular flexibility index (Phi) is 6.42. The molecule has 0 bridgehead atoms. The summed E-state index contributed by atoms with van der Waals surface area (Å²) in [6.45, 7) is 2.68. The van der Waals surface area contributed by atoms with Gasteiger partial charge >= 0.3 is 0 Å². The standard InChI is InChI=1S/C21H20N2O2S2/c1-2-3-14-22-20(25)18(27-21(22)26)15-23(17-12-8-5-9-13-17)19(24)16-10-6-4-7-11-16/h4-13,15H,2-3,14H2,1H3/b18-15-. The molecule has 2 aromatic rings. The number of para-hydroxylation sites is 1. The molecule has 0 unspecified atom stereocenters. The van der Waals surface area contributed by atoms with Crippen LogP contribution in [0, 0.1) is 0 Å². The number of nitrogens with zero attached hydrogens (tertiary/aromatic N) is 2. The van der Waals surface area contributed by atoms with Gasteiger partial charge in [0.25, 0.3) is 11.8 Å². The molecule has 138 valence electrons. The number of carbonyl (C=O) groups is 2. The first-order valence-corrected chi connectivity index (χ1v) is 10.0. The van der Waals surface area contributed by atoms with Crippen LogP contribution in [0.5, 0.6) is 0 Å². The average molecular weight is 397 g/mol. The van der Waals surface area contributed by atoms with Crippen molar-refractivity contribution < 1.29 is 9.59 Å². The maximum absolute atomic E-state index is 13.1. The third-order valence-electron chi connectivity index (χ3n) is 4.13. The highest BCUT2D eigenvalue weighted by Crippen LogP contribution is 2.32. The van der Waals surface area contributed by atoms with Crippen LogP contribution in [0.4, 0.5) is 5.69 Å². The second-order valence-corrected chi connectivity index (χ2v) is 7.72. The quantitative estimate of drug-likeness (QED) is 0.518. The molecule has 4 nitrogen and oxygen atoms in total. The number of anilines is 1. The summed E-state index contributed by atoms with van der Waals surface area (Å²) in [4.78, 5) is 29.4. The molecular weight excluding hydrogens is 376 g/mol. The maximum Gasteiger partial charge on any atom is 0.267 e. The van der Waals surface area contributed by atoms with Gasteiger partial charge in [-0.05, 0) is 30.7 Å². The van der Waals surface area contributed by atoms with Gasteiger partial charge in [-0.15, -0.1) is 0 Å². The normalized spacial score (nSPS) is 15.4. The van der Waals surface area contributed by atoms with Crippen molar-refractivity contribution in [1.29, 1.82) is 0 Å². The molecule has 0 aliphatic carbocycles. The molecule has 2 aromatic carbocycles. The number of thiocarbonyl (C=S) groups is 1. The molecule has 1 fully saturated rings. The van der Waals surface area contributed by atoms with E-state index in [4.69, 9.17) is 12.2 Å². The van der Waals surface area contributed by atoms with E-state index >= 15 is 0 Å². The second-order valence-electron chi connectivity index (χ2n) is 6.05. The zero-order valence-electron chi connectivity index (χ0n) is 15.0. The molecule has 6 heteroatoms. The molecule has 27 heavy (non-hydrogen) atoms. The van der Waals surface area contributed by atoms with Gasteiger partial charge in [0.05, 0.1) is 4.91 Å². The van der Waals surface area contributed by atoms with Gasteiger partial charge in [0, 0.05) is 24.0 Å². The lowest BCUT2D eigenvalue weighted by Gasteiger charge is -2.19. The number of rotatable bonds is 6. The summed E-state index contributed by atoms with van der Waals surface area (Å²) in [5.74, 6) is -0.333. The highest BCUT2D eigenvalue weighted by Gasteiger charge is 2.33. The predicted octanol–water partition coefficient (Wildman–Crippen LogP) is 4.84. The van der Waals surface area contributed by atoms with E-state index in [1.165, 1.54) is 16.7 Å². The topological polar surface area (TPSA) is 40.6 Å². The fourth-order valence-corrected chi connectivity index (χ4v) is 3.95. The molecule has 1 aliphatic heterocycles. The van der Waals surface area contributed by atoms with Gasteiger partial charge < -0.3 is 0 Å². The Labute approximate surface area is 168 Å². The van der Waals surface area contributed by atoms with Crippen molar-refractivity contribution in [3.8, 4) is 0 Å². The van der Waals surface area contributed by atoms with E-state index in [1.54, 1.807) is 23.2 Å². The highest BCUT2D eigenvalue weighted by atomic mass is 32.2. The van der Waals surface area contributed by atoms with Crippen molar-refractivity contribution in [2.45, 2.75) is 19.8 Å². The van der Waals surface area contributed by atoms with E-state index in [0.717, 1.165) is 12.8 Å². The van der Waals surface area contributed by atoms with Crippen molar-refractivity contribution in [3.63, 3.8) is 0 Å². The van der Waals surface area contributed by atoms with Crippen LogP contribution in [0.1, 0.15) is 30.1 Å². The smallest absolute Gasteiger partial charge is 0.267 e. The van der Waals surface area contributed by atoms with Crippen LogP contribution in [0.25, 0.3) is 0 Å². The van der Waals surface area contributed by atoms with E-state index in [-0.39, 0.29) is 11.8 Å². The molecule has 1 saturated heterocycles. The lowest BCUT2D eigenvalue weighted by atomic mass is 10.2. The fourth-order valence-electron chi connectivity index (χ4n) is 2.68. The molecule has 1 heterocycles. The number of unbranched alkanes of at least 4 members (excludes halogenated alkanes) is 1. The van der Waals surface area contributed by atoms with E-state index in [2.05, 4.69) is 6.92 Å². The maximum atomic E-state index is 13.1. The first-order chi connectivity index (χ1) is 13.1. The van der Waals surface area contributed by atoms with Gasteiger partial charge in [-0.1, -0.05) is 73.7 Å². The minimum Gasteiger partial charge on any atom is -0.293 e. The third-order valence-corrected chi connectivity index (χ3v) is 5.49. The van der Waals surface area contributed by atoms with Crippen LogP contribution in [0.2, 0.25) is 0 Å². The van der Waals surface area contributed by atoms with Gasteiger partial charge in [-0.3, -0.25) is 19.4 Å². The van der Waals surface area contributed by atoms with Gasteiger partial charge in [-0.2, -0.15) is 0 Å². The van der Waals surface area contributed by atoms with Crippen LogP contribution < -0.4 is 4.90 Å². The lowest BCUT2D eigenvalue weighted by Crippen LogP contribution is -2.30. The molecule has 0 aromatic heterocycles. The van der Waals surface area contributed by atoms with Crippen LogP contribution in [-0.2, 0) is 4.79 Å². The Morgan fingerprint density at radius 1 is 1.11 bits per heavy atom. The first kappa shape index (κ1) is 19.3. The molecule has 0 saturated carbocycles. The van der Waals surface area contributed by atoms with Crippen LogP contribution >= 0.6 is 24.0 Å². The number of hydrogen-bond donors (Lipinski definition) is 0. The van der Waals surface area contributed by atoms with Crippen molar-refractivity contribution in [1.82, 2.24) is 4.90 Å². The van der Waals surface area contributed by atoms with Gasteiger partial charge in [0.1, 0.15) is 4.32 Å². The minimum absolute atomic E-state index is 0.139. The average Bonchev–Trinajstić information content (AvgIpc) is 2.98. The first-order valence-electron chi connectivity index (χ1n) is 8.81. The molecular formula is C21H20N2O2S2. The van der Waals surface area contributed by atoms with E-state index in [9.17, 15) is 9.59 Å². The summed E-state index contributed by atoms with van der Waals surface area (Å²) in [6, 6.07) is 18.3. The monoisotopic (exact) mass is 396 g/mol. The van der Waals surface area contributed by atoms with E-state index in [0.29, 0.717) is 27.0 Å². The highest BCUT2D eigenvalue weighted by molar-refractivity contribution is 8.26. The number of amides is 2. The predicted molar refractivity (Wildman–Crippen MR) is 115 cm³/mol. The molecule has 0 radical (unpaired) electrons. The summed E-state index contributed by atoms with van der Waals surface area (Å²) in [5, 5.41) is 0. The molecule has 0 N–H and O–H groups in total. The van der Waals surface area contributed by atoms with Crippen molar-refractivity contribution in [3.05, 3.63) is 77.3 Å². The van der Waals surface area contributed by atoms with Crippen molar-refractivity contribution in [2.75, 3.05) is 11.4 Å². The summed E-state index contributed by atoms with van der Waals surface area (Å²) in [7, 11) is 0. The van der Waals surface area contributed by atoms with Gasteiger partial charge in [-0.25, -0.2) is 0 Å². The van der Waals surface area contributed by atoms with Crippen molar-refractivity contribution >= 4 is 45.8 Å². The number of thioether (sulfide) groups is 1. The second kappa shape index (κ2) is 8.97.